The molecule has 24 heavy (non-hydrogen) atoms. The molecule has 2 aromatic rings. The first-order chi connectivity index (χ1) is 11.7. The number of benzene rings is 1. The van der Waals surface area contributed by atoms with Crippen LogP contribution >= 0.6 is 11.3 Å². The number of aromatic hydroxyl groups is 1. The standard InChI is InChI=1S/C17H18N4O2S/c22-14-5-3-11(4-6-14)12-7-9-21(10-8-12)17(23)18-16-20-19-15(24-16)13-1-2-13/h3-7,13,22H,1-2,8-10H2,(H,18,20,23). The van der Waals surface area contributed by atoms with Crippen LogP contribution in [-0.4, -0.2) is 39.3 Å². The second-order valence-corrected chi connectivity index (χ2v) is 7.13. The van der Waals surface area contributed by atoms with Gasteiger partial charge in [-0.05, 0) is 42.5 Å². The van der Waals surface area contributed by atoms with Crippen molar-refractivity contribution in [3.63, 3.8) is 0 Å². The van der Waals surface area contributed by atoms with Crippen LogP contribution in [0.1, 0.15) is 35.8 Å². The van der Waals surface area contributed by atoms with Crippen LogP contribution < -0.4 is 5.32 Å². The molecule has 6 nitrogen and oxygen atoms in total. The fourth-order valence-corrected chi connectivity index (χ4v) is 3.64. The van der Waals surface area contributed by atoms with Crippen molar-refractivity contribution in [2.45, 2.75) is 25.2 Å². The molecule has 1 aromatic heterocycles. The number of urea groups is 1. The summed E-state index contributed by atoms with van der Waals surface area (Å²) in [5.41, 5.74) is 2.29. The van der Waals surface area contributed by atoms with Crippen LogP contribution in [0.15, 0.2) is 30.3 Å². The SMILES string of the molecule is O=C(Nc1nnc(C2CC2)s1)N1CC=C(c2ccc(O)cc2)CC1. The Morgan fingerprint density at radius 1 is 1.25 bits per heavy atom. The lowest BCUT2D eigenvalue weighted by Gasteiger charge is -2.26. The van der Waals surface area contributed by atoms with Gasteiger partial charge in [0.15, 0.2) is 0 Å². The number of carbonyl (C=O) groups is 1. The number of amides is 2. The molecular formula is C17H18N4O2S. The van der Waals surface area contributed by atoms with Gasteiger partial charge in [-0.15, -0.1) is 10.2 Å². The summed E-state index contributed by atoms with van der Waals surface area (Å²) in [5, 5.41) is 22.0. The first-order valence-corrected chi connectivity index (χ1v) is 8.88. The summed E-state index contributed by atoms with van der Waals surface area (Å²) in [5.74, 6) is 0.817. The number of phenols is 1. The van der Waals surface area contributed by atoms with Gasteiger partial charge in [-0.3, -0.25) is 5.32 Å². The first-order valence-electron chi connectivity index (χ1n) is 8.07. The van der Waals surface area contributed by atoms with Crippen molar-refractivity contribution in [3.05, 3.63) is 40.9 Å². The molecule has 0 radical (unpaired) electrons. The van der Waals surface area contributed by atoms with Gasteiger partial charge in [0, 0.05) is 19.0 Å². The molecule has 0 saturated heterocycles. The van der Waals surface area contributed by atoms with Crippen molar-refractivity contribution in [2.75, 3.05) is 18.4 Å². The molecule has 124 valence electrons. The first kappa shape index (κ1) is 15.1. The van der Waals surface area contributed by atoms with E-state index in [1.807, 2.05) is 12.1 Å². The lowest BCUT2D eigenvalue weighted by atomic mass is 9.99. The minimum Gasteiger partial charge on any atom is -0.508 e. The fraction of sp³-hybridized carbons (Fsp3) is 0.353. The van der Waals surface area contributed by atoms with Crippen LogP contribution in [0.5, 0.6) is 5.75 Å². The Labute approximate surface area is 143 Å². The molecule has 7 heteroatoms. The van der Waals surface area contributed by atoms with E-state index in [1.54, 1.807) is 17.0 Å². The van der Waals surface area contributed by atoms with E-state index in [9.17, 15) is 9.90 Å². The maximum absolute atomic E-state index is 12.3. The number of hydrogen-bond donors (Lipinski definition) is 2. The Balaban J connectivity index is 1.37. The molecule has 1 aliphatic carbocycles. The molecule has 2 aliphatic rings. The summed E-state index contributed by atoms with van der Waals surface area (Å²) in [7, 11) is 0. The molecule has 0 spiro atoms. The molecule has 4 rings (SSSR count). The zero-order valence-electron chi connectivity index (χ0n) is 13.1. The van der Waals surface area contributed by atoms with Crippen molar-refractivity contribution < 1.29 is 9.90 Å². The highest BCUT2D eigenvalue weighted by atomic mass is 32.1. The van der Waals surface area contributed by atoms with Crippen LogP contribution in [-0.2, 0) is 0 Å². The molecular weight excluding hydrogens is 324 g/mol. The average molecular weight is 342 g/mol. The Hall–Kier alpha value is -2.41. The second kappa shape index (κ2) is 6.24. The van der Waals surface area contributed by atoms with Gasteiger partial charge < -0.3 is 10.0 Å². The Morgan fingerprint density at radius 3 is 2.71 bits per heavy atom. The quantitative estimate of drug-likeness (QED) is 0.895. The summed E-state index contributed by atoms with van der Waals surface area (Å²) >= 11 is 1.47. The van der Waals surface area contributed by atoms with Crippen molar-refractivity contribution in [3.8, 4) is 5.75 Å². The average Bonchev–Trinajstić information content (AvgIpc) is 3.36. The van der Waals surface area contributed by atoms with Gasteiger partial charge in [0.1, 0.15) is 10.8 Å². The third kappa shape index (κ3) is 3.26. The third-order valence-electron chi connectivity index (χ3n) is 4.32. The number of nitrogens with zero attached hydrogens (tertiary/aromatic N) is 3. The number of aromatic nitrogens is 2. The Kier molecular flexibility index (Phi) is 3.93. The Bertz CT molecular complexity index is 780. The number of nitrogens with one attached hydrogen (secondary N) is 1. The van der Waals surface area contributed by atoms with E-state index in [-0.39, 0.29) is 11.8 Å². The van der Waals surface area contributed by atoms with E-state index in [2.05, 4.69) is 21.6 Å². The molecule has 2 N–H and O–H groups in total. The van der Waals surface area contributed by atoms with Crippen LogP contribution in [0.4, 0.5) is 9.93 Å². The molecule has 0 atom stereocenters. The van der Waals surface area contributed by atoms with Crippen molar-refractivity contribution in [1.29, 1.82) is 0 Å². The van der Waals surface area contributed by atoms with E-state index in [4.69, 9.17) is 0 Å². The highest BCUT2D eigenvalue weighted by Gasteiger charge is 2.28. The lowest BCUT2D eigenvalue weighted by molar-refractivity contribution is 0.217. The van der Waals surface area contributed by atoms with E-state index in [0.717, 1.165) is 17.0 Å². The van der Waals surface area contributed by atoms with Gasteiger partial charge in [0.05, 0.1) is 0 Å². The summed E-state index contributed by atoms with van der Waals surface area (Å²) < 4.78 is 0. The zero-order chi connectivity index (χ0) is 16.5. The lowest BCUT2D eigenvalue weighted by Crippen LogP contribution is -2.37. The molecule has 2 heterocycles. The summed E-state index contributed by atoms with van der Waals surface area (Å²) in [6.07, 6.45) is 5.21. The summed E-state index contributed by atoms with van der Waals surface area (Å²) in [6.45, 7) is 1.23. The third-order valence-corrected chi connectivity index (χ3v) is 5.32. The monoisotopic (exact) mass is 342 g/mol. The maximum Gasteiger partial charge on any atom is 0.323 e. The molecule has 0 bridgehead atoms. The van der Waals surface area contributed by atoms with Crippen molar-refractivity contribution in [2.24, 2.45) is 0 Å². The number of hydrogen-bond acceptors (Lipinski definition) is 5. The highest BCUT2D eigenvalue weighted by Crippen LogP contribution is 2.42. The second-order valence-electron chi connectivity index (χ2n) is 6.12. The van der Waals surface area contributed by atoms with Crippen molar-refractivity contribution >= 4 is 28.1 Å². The van der Waals surface area contributed by atoms with Gasteiger partial charge in [-0.2, -0.15) is 0 Å². The van der Waals surface area contributed by atoms with Crippen LogP contribution in [0.25, 0.3) is 5.57 Å². The number of anilines is 1. The van der Waals surface area contributed by atoms with Gasteiger partial charge >= 0.3 is 6.03 Å². The normalized spacial score (nSPS) is 17.5. The fourth-order valence-electron chi connectivity index (χ4n) is 2.74. The number of carbonyl (C=O) groups excluding carboxylic acids is 1. The van der Waals surface area contributed by atoms with E-state index >= 15 is 0 Å². The highest BCUT2D eigenvalue weighted by molar-refractivity contribution is 7.15. The van der Waals surface area contributed by atoms with Crippen LogP contribution in [0, 0.1) is 0 Å². The molecule has 0 unspecified atom stereocenters. The molecule has 1 saturated carbocycles. The smallest absolute Gasteiger partial charge is 0.323 e. The van der Waals surface area contributed by atoms with Gasteiger partial charge in [-0.1, -0.05) is 29.5 Å². The van der Waals surface area contributed by atoms with Crippen LogP contribution in [0.2, 0.25) is 0 Å². The predicted octanol–water partition coefficient (Wildman–Crippen LogP) is 3.44. The topological polar surface area (TPSA) is 78.4 Å². The van der Waals surface area contributed by atoms with Crippen molar-refractivity contribution in [1.82, 2.24) is 15.1 Å². The van der Waals surface area contributed by atoms with E-state index in [0.29, 0.717) is 24.1 Å². The molecule has 1 aromatic carbocycles. The number of phenolic OH excluding ortho intramolecular Hbond substituents is 1. The molecule has 1 fully saturated rings. The van der Waals surface area contributed by atoms with E-state index in [1.165, 1.54) is 29.8 Å². The predicted molar refractivity (Wildman–Crippen MR) is 93.2 cm³/mol. The van der Waals surface area contributed by atoms with Gasteiger partial charge in [0.2, 0.25) is 5.13 Å². The molecule has 1 aliphatic heterocycles. The van der Waals surface area contributed by atoms with Gasteiger partial charge in [0.25, 0.3) is 0 Å². The zero-order valence-corrected chi connectivity index (χ0v) is 13.9. The minimum atomic E-state index is -0.130. The van der Waals surface area contributed by atoms with Gasteiger partial charge in [-0.25, -0.2) is 4.79 Å². The summed E-state index contributed by atoms with van der Waals surface area (Å²) in [4.78, 5) is 14.1. The largest absolute Gasteiger partial charge is 0.508 e. The van der Waals surface area contributed by atoms with E-state index < -0.39 is 0 Å². The maximum atomic E-state index is 12.3. The molecule has 2 amide bonds. The Morgan fingerprint density at radius 2 is 2.04 bits per heavy atom. The summed E-state index contributed by atoms with van der Waals surface area (Å²) in [6, 6.07) is 7.04. The van der Waals surface area contributed by atoms with Crippen LogP contribution in [0.3, 0.4) is 0 Å². The minimum absolute atomic E-state index is 0.130. The number of rotatable bonds is 3.